The average Bonchev–Trinajstić information content (AvgIpc) is 2.17. The van der Waals surface area contributed by atoms with Crippen LogP contribution < -0.4 is 0 Å². The van der Waals surface area contributed by atoms with Crippen molar-refractivity contribution < 1.29 is 14.4 Å². The minimum absolute atomic E-state index is 0.548. The lowest BCUT2D eigenvalue weighted by Gasteiger charge is -2.43. The van der Waals surface area contributed by atoms with E-state index in [1.807, 2.05) is 27.9 Å². The molecule has 0 aromatic carbocycles. The van der Waals surface area contributed by atoms with Crippen molar-refractivity contribution in [2.75, 3.05) is 20.6 Å². The van der Waals surface area contributed by atoms with Crippen molar-refractivity contribution in [1.82, 2.24) is 0 Å². The van der Waals surface area contributed by atoms with Crippen LogP contribution in [0.2, 0.25) is 0 Å². The number of rotatable bonds is 7. The van der Waals surface area contributed by atoms with Crippen LogP contribution in [-0.4, -0.2) is 41.7 Å². The van der Waals surface area contributed by atoms with Gasteiger partial charge in [0, 0.05) is 13.3 Å². The monoisotopic (exact) mass is 216 g/mol. The largest absolute Gasteiger partial charge is 0.477 e. The van der Waals surface area contributed by atoms with Crippen LogP contribution in [0.3, 0.4) is 0 Å². The van der Waals surface area contributed by atoms with E-state index in [4.69, 9.17) is 0 Å². The van der Waals surface area contributed by atoms with Gasteiger partial charge in [-0.05, 0) is 13.3 Å². The molecule has 0 saturated heterocycles. The molecule has 0 aromatic heterocycles. The fourth-order valence-corrected chi connectivity index (χ4v) is 1.74. The molecule has 0 aliphatic heterocycles. The Bertz CT molecular complexity index is 214. The van der Waals surface area contributed by atoms with Gasteiger partial charge >= 0.3 is 5.97 Å². The smallest absolute Gasteiger partial charge is 0.365 e. The lowest BCUT2D eigenvalue weighted by molar-refractivity contribution is -0.929. The third-order valence-corrected chi connectivity index (χ3v) is 3.85. The van der Waals surface area contributed by atoms with Crippen molar-refractivity contribution in [2.24, 2.45) is 0 Å². The lowest BCUT2D eigenvalue weighted by atomic mass is 9.90. The Morgan fingerprint density at radius 3 is 2.13 bits per heavy atom. The Hall–Kier alpha value is -0.570. The van der Waals surface area contributed by atoms with Gasteiger partial charge < -0.3 is 9.59 Å². The molecule has 0 radical (unpaired) electrons. The summed E-state index contributed by atoms with van der Waals surface area (Å²) in [7, 11) is 4.00. The molecule has 3 heteroatoms. The predicted molar refractivity (Wildman–Crippen MR) is 62.8 cm³/mol. The maximum atomic E-state index is 11.4. The molecule has 0 heterocycles. The summed E-state index contributed by atoms with van der Waals surface area (Å²) in [6.45, 7) is 6.89. The van der Waals surface area contributed by atoms with Crippen LogP contribution in [0.5, 0.6) is 0 Å². The predicted octanol–water partition coefficient (Wildman–Crippen LogP) is 2.51. The zero-order valence-corrected chi connectivity index (χ0v) is 10.8. The summed E-state index contributed by atoms with van der Waals surface area (Å²) in [5.74, 6) is -0.676. The number of nitrogens with zero attached hydrogens (tertiary/aromatic N) is 1. The summed E-state index contributed by atoms with van der Waals surface area (Å²) < 4.78 is 0.548. The van der Waals surface area contributed by atoms with E-state index in [2.05, 4.69) is 6.92 Å². The highest BCUT2D eigenvalue weighted by atomic mass is 16.4. The topological polar surface area (TPSA) is 37.3 Å². The number of quaternary nitrogens is 1. The van der Waals surface area contributed by atoms with E-state index in [0.717, 1.165) is 32.2 Å². The summed E-state index contributed by atoms with van der Waals surface area (Å²) in [6.07, 6.45) is 4.01. The van der Waals surface area contributed by atoms with E-state index in [9.17, 15) is 9.90 Å². The molecule has 0 aliphatic carbocycles. The summed E-state index contributed by atoms with van der Waals surface area (Å²) in [4.78, 5) is 11.4. The van der Waals surface area contributed by atoms with Gasteiger partial charge in [-0.25, -0.2) is 4.79 Å². The van der Waals surface area contributed by atoms with Crippen LogP contribution in [0.25, 0.3) is 0 Å². The van der Waals surface area contributed by atoms with Crippen molar-refractivity contribution in [3.63, 3.8) is 0 Å². The van der Waals surface area contributed by atoms with Gasteiger partial charge in [0.05, 0.1) is 20.6 Å². The van der Waals surface area contributed by atoms with E-state index in [1.165, 1.54) is 0 Å². The number of hydrogen-bond donors (Lipinski definition) is 1. The second-order valence-electron chi connectivity index (χ2n) is 5.04. The molecule has 0 aliphatic rings. The Kier molecular flexibility index (Phi) is 5.29. The number of aliphatic carboxylic acids is 1. The van der Waals surface area contributed by atoms with Gasteiger partial charge in [0.1, 0.15) is 0 Å². The van der Waals surface area contributed by atoms with Crippen LogP contribution in [0, 0.1) is 0 Å². The fourth-order valence-electron chi connectivity index (χ4n) is 1.74. The van der Waals surface area contributed by atoms with Crippen LogP contribution >= 0.6 is 0 Å². The van der Waals surface area contributed by atoms with Gasteiger partial charge in [-0.2, -0.15) is 0 Å². The van der Waals surface area contributed by atoms with Gasteiger partial charge in [0.2, 0.25) is 0 Å². The van der Waals surface area contributed by atoms with Gasteiger partial charge in [-0.3, -0.25) is 0 Å². The molecule has 1 unspecified atom stereocenters. The standard InChI is InChI=1S/C12H25NO2/c1-6-8-9-10-12(3,11(14)15)13(4,5)7-2/h6-10H2,1-5H3/p+1. The third kappa shape index (κ3) is 3.20. The Balaban J connectivity index is 4.67. The SMILES string of the molecule is CCCCCC(C)(C(=O)O)[N+](C)(C)CC. The second-order valence-corrected chi connectivity index (χ2v) is 5.04. The minimum Gasteiger partial charge on any atom is -0.477 e. The van der Waals surface area contributed by atoms with Crippen molar-refractivity contribution in [1.29, 1.82) is 0 Å². The molecule has 0 spiro atoms. The van der Waals surface area contributed by atoms with Crippen molar-refractivity contribution >= 4 is 5.97 Å². The molecule has 0 aromatic rings. The van der Waals surface area contributed by atoms with Gasteiger partial charge in [0.25, 0.3) is 0 Å². The van der Waals surface area contributed by atoms with Crippen molar-refractivity contribution in [3.8, 4) is 0 Å². The molecule has 1 N–H and O–H groups in total. The minimum atomic E-state index is -0.676. The highest BCUT2D eigenvalue weighted by Crippen LogP contribution is 2.27. The highest BCUT2D eigenvalue weighted by molar-refractivity contribution is 5.76. The summed E-state index contributed by atoms with van der Waals surface area (Å²) >= 11 is 0. The molecule has 0 bridgehead atoms. The first-order valence-corrected chi connectivity index (χ1v) is 5.88. The van der Waals surface area contributed by atoms with Crippen molar-refractivity contribution in [3.05, 3.63) is 0 Å². The van der Waals surface area contributed by atoms with Crippen molar-refractivity contribution in [2.45, 2.75) is 52.0 Å². The van der Waals surface area contributed by atoms with Gasteiger partial charge in [0.15, 0.2) is 5.54 Å². The van der Waals surface area contributed by atoms with E-state index in [0.29, 0.717) is 4.48 Å². The van der Waals surface area contributed by atoms with Crippen LogP contribution in [0.15, 0.2) is 0 Å². The van der Waals surface area contributed by atoms with Crippen LogP contribution in [-0.2, 0) is 4.79 Å². The molecule has 0 saturated carbocycles. The quantitative estimate of drug-likeness (QED) is 0.524. The number of carboxylic acid groups (broad SMARTS) is 1. The number of carbonyl (C=O) groups is 1. The average molecular weight is 216 g/mol. The van der Waals surface area contributed by atoms with Gasteiger partial charge in [-0.15, -0.1) is 0 Å². The molecule has 3 nitrogen and oxygen atoms in total. The first-order valence-electron chi connectivity index (χ1n) is 5.88. The number of likely N-dealkylation sites (N-methyl/N-ethyl adjacent to an activating group) is 1. The van der Waals surface area contributed by atoms with Crippen LogP contribution in [0.4, 0.5) is 0 Å². The molecular formula is C12H26NO2+. The Morgan fingerprint density at radius 2 is 1.80 bits per heavy atom. The lowest BCUT2D eigenvalue weighted by Crippen LogP contribution is -2.62. The van der Waals surface area contributed by atoms with E-state index >= 15 is 0 Å². The number of carboxylic acids is 1. The molecule has 0 rings (SSSR count). The normalized spacial score (nSPS) is 16.1. The Morgan fingerprint density at radius 1 is 1.27 bits per heavy atom. The zero-order chi connectivity index (χ0) is 12.1. The Labute approximate surface area is 93.7 Å². The third-order valence-electron chi connectivity index (χ3n) is 3.85. The molecular weight excluding hydrogens is 190 g/mol. The van der Waals surface area contributed by atoms with Crippen LogP contribution in [0.1, 0.15) is 46.5 Å². The molecule has 0 fully saturated rings. The van der Waals surface area contributed by atoms with E-state index in [1.54, 1.807) is 0 Å². The zero-order valence-electron chi connectivity index (χ0n) is 10.8. The number of hydrogen-bond acceptors (Lipinski definition) is 1. The second kappa shape index (κ2) is 5.50. The van der Waals surface area contributed by atoms with Gasteiger partial charge in [-0.1, -0.05) is 19.8 Å². The fraction of sp³-hybridized carbons (Fsp3) is 0.917. The highest BCUT2D eigenvalue weighted by Gasteiger charge is 2.46. The maximum Gasteiger partial charge on any atom is 0.365 e. The first-order chi connectivity index (χ1) is 6.81. The summed E-state index contributed by atoms with van der Waals surface area (Å²) in [6, 6.07) is 0. The molecule has 1 atom stereocenters. The summed E-state index contributed by atoms with van der Waals surface area (Å²) in [5.41, 5.74) is -0.649. The van der Waals surface area contributed by atoms with E-state index in [-0.39, 0.29) is 0 Å². The maximum absolute atomic E-state index is 11.4. The molecule has 0 amide bonds. The van der Waals surface area contributed by atoms with E-state index < -0.39 is 11.5 Å². The summed E-state index contributed by atoms with van der Waals surface area (Å²) in [5, 5.41) is 9.38. The first kappa shape index (κ1) is 14.4. The molecule has 90 valence electrons. The number of unbranched alkanes of at least 4 members (excludes halogenated alkanes) is 2. The molecule has 15 heavy (non-hydrogen) atoms.